The van der Waals surface area contributed by atoms with Crippen LogP contribution in [0.3, 0.4) is 0 Å². The number of hydrogen-bond acceptors (Lipinski definition) is 2. The number of unbranched alkanes of at least 4 members (excludes halogenated alkanes) is 1. The van der Waals surface area contributed by atoms with Crippen molar-refractivity contribution in [2.24, 2.45) is 5.41 Å². The highest BCUT2D eigenvalue weighted by Crippen LogP contribution is 2.34. The summed E-state index contributed by atoms with van der Waals surface area (Å²) in [5, 5.41) is 14.4. The number of aromatic nitrogens is 2. The highest BCUT2D eigenvalue weighted by atomic mass is 16.4. The minimum absolute atomic E-state index is 0.523. The Bertz CT molecular complexity index is 463. The Balaban J connectivity index is 2.10. The summed E-state index contributed by atoms with van der Waals surface area (Å²) in [4.78, 5) is 11.8. The highest BCUT2D eigenvalue weighted by Gasteiger charge is 2.37. The van der Waals surface area contributed by atoms with E-state index in [2.05, 4.69) is 16.7 Å². The first-order valence-corrected chi connectivity index (χ1v) is 8.38. The lowest BCUT2D eigenvalue weighted by atomic mass is 9.76. The summed E-state index contributed by atoms with van der Waals surface area (Å²) in [5.74, 6) is -0.672. The molecule has 0 radical (unpaired) electrons. The van der Waals surface area contributed by atoms with Crippen molar-refractivity contribution in [2.75, 3.05) is 0 Å². The second-order valence-corrected chi connectivity index (χ2v) is 6.44. The van der Waals surface area contributed by atoms with Gasteiger partial charge in [0, 0.05) is 12.6 Å². The molecular weight excluding hydrogens is 264 g/mol. The summed E-state index contributed by atoms with van der Waals surface area (Å²) < 4.78 is 2.06. The van der Waals surface area contributed by atoms with Gasteiger partial charge in [-0.2, -0.15) is 5.10 Å². The fourth-order valence-corrected chi connectivity index (χ4v) is 3.43. The average Bonchev–Trinajstić information content (AvgIpc) is 3.14. The summed E-state index contributed by atoms with van der Waals surface area (Å²) in [6, 6.07) is 2.53. The van der Waals surface area contributed by atoms with Crippen LogP contribution in [0.15, 0.2) is 12.3 Å². The van der Waals surface area contributed by atoms with E-state index in [4.69, 9.17) is 0 Å². The van der Waals surface area contributed by atoms with Crippen molar-refractivity contribution in [2.45, 2.75) is 77.7 Å². The van der Waals surface area contributed by atoms with Crippen molar-refractivity contribution < 1.29 is 9.90 Å². The molecule has 0 aromatic carbocycles. The van der Waals surface area contributed by atoms with E-state index in [0.717, 1.165) is 25.0 Å². The molecule has 1 atom stereocenters. The van der Waals surface area contributed by atoms with E-state index in [-0.39, 0.29) is 0 Å². The van der Waals surface area contributed by atoms with Gasteiger partial charge in [-0.1, -0.05) is 39.5 Å². The molecule has 1 heterocycles. The molecule has 0 bridgehead atoms. The van der Waals surface area contributed by atoms with Crippen molar-refractivity contribution in [3.63, 3.8) is 0 Å². The van der Waals surface area contributed by atoms with Gasteiger partial charge in [-0.15, -0.1) is 0 Å². The first-order chi connectivity index (χ1) is 10.1. The summed E-state index contributed by atoms with van der Waals surface area (Å²) in [6.45, 7) is 4.09. The molecule has 21 heavy (non-hydrogen) atoms. The van der Waals surface area contributed by atoms with Crippen LogP contribution < -0.4 is 0 Å². The lowest BCUT2D eigenvalue weighted by Crippen LogP contribution is -2.33. The molecule has 0 saturated heterocycles. The Kier molecular flexibility index (Phi) is 5.43. The zero-order chi connectivity index (χ0) is 15.3. The van der Waals surface area contributed by atoms with Gasteiger partial charge in [-0.3, -0.25) is 9.48 Å². The zero-order valence-corrected chi connectivity index (χ0v) is 13.3. The highest BCUT2D eigenvalue weighted by molar-refractivity contribution is 5.74. The lowest BCUT2D eigenvalue weighted by molar-refractivity contribution is -0.149. The molecule has 0 aliphatic heterocycles. The maximum absolute atomic E-state index is 11.8. The van der Waals surface area contributed by atoms with Crippen LogP contribution >= 0.6 is 0 Å². The first-order valence-electron chi connectivity index (χ1n) is 8.38. The number of carbonyl (C=O) groups is 1. The lowest BCUT2D eigenvalue weighted by Gasteiger charge is -2.27. The van der Waals surface area contributed by atoms with Crippen LogP contribution in [0.4, 0.5) is 0 Å². The van der Waals surface area contributed by atoms with Crippen LogP contribution in [0.2, 0.25) is 0 Å². The zero-order valence-electron chi connectivity index (χ0n) is 13.3. The van der Waals surface area contributed by atoms with Crippen molar-refractivity contribution in [1.82, 2.24) is 9.78 Å². The van der Waals surface area contributed by atoms with Crippen LogP contribution in [-0.2, 0) is 11.2 Å². The molecule has 1 aliphatic rings. The quantitative estimate of drug-likeness (QED) is 0.780. The van der Waals surface area contributed by atoms with Gasteiger partial charge in [0.15, 0.2) is 0 Å². The van der Waals surface area contributed by atoms with E-state index < -0.39 is 11.4 Å². The van der Waals surface area contributed by atoms with Gasteiger partial charge in [0.2, 0.25) is 0 Å². The number of carboxylic acids is 1. The maximum Gasteiger partial charge on any atom is 0.310 e. The van der Waals surface area contributed by atoms with E-state index in [1.807, 2.05) is 19.2 Å². The minimum atomic E-state index is -0.672. The van der Waals surface area contributed by atoms with E-state index in [9.17, 15) is 9.90 Å². The van der Waals surface area contributed by atoms with Crippen LogP contribution in [0, 0.1) is 5.41 Å². The molecule has 1 aromatic heterocycles. The van der Waals surface area contributed by atoms with E-state index in [1.165, 1.54) is 25.7 Å². The molecule has 1 N–H and O–H groups in total. The third-order valence-electron chi connectivity index (χ3n) is 5.02. The van der Waals surface area contributed by atoms with Gasteiger partial charge in [-0.05, 0) is 31.7 Å². The molecule has 1 fully saturated rings. The van der Waals surface area contributed by atoms with Crippen LogP contribution in [0.25, 0.3) is 0 Å². The van der Waals surface area contributed by atoms with E-state index in [0.29, 0.717) is 18.9 Å². The van der Waals surface area contributed by atoms with Gasteiger partial charge in [0.25, 0.3) is 0 Å². The minimum Gasteiger partial charge on any atom is -0.481 e. The largest absolute Gasteiger partial charge is 0.481 e. The number of carboxylic acid groups (broad SMARTS) is 1. The molecule has 118 valence electrons. The number of nitrogens with zero attached hydrogens (tertiary/aromatic N) is 2. The Morgan fingerprint density at radius 2 is 2.14 bits per heavy atom. The molecule has 1 aliphatic carbocycles. The molecule has 0 spiro atoms. The first kappa shape index (κ1) is 16.1. The number of hydrogen-bond donors (Lipinski definition) is 1. The van der Waals surface area contributed by atoms with Gasteiger partial charge in [0.1, 0.15) is 0 Å². The molecule has 2 rings (SSSR count). The third kappa shape index (κ3) is 3.66. The van der Waals surface area contributed by atoms with Crippen molar-refractivity contribution in [3.8, 4) is 0 Å². The van der Waals surface area contributed by atoms with Crippen molar-refractivity contribution in [3.05, 3.63) is 18.0 Å². The molecule has 4 nitrogen and oxygen atoms in total. The number of rotatable bonds is 8. The third-order valence-corrected chi connectivity index (χ3v) is 5.02. The van der Waals surface area contributed by atoms with Crippen LogP contribution in [0.1, 0.15) is 76.9 Å². The molecular formula is C17H28N2O2. The normalized spacial score (nSPS) is 18.8. The predicted molar refractivity (Wildman–Crippen MR) is 83.3 cm³/mol. The standard InChI is InChI=1S/C17H28N2O2/c1-3-5-11-17(4-2,16(20)21)13-14-10-12-19(18-14)15-8-6-7-9-15/h10,12,15H,3-9,11,13H2,1-2H3,(H,20,21). The fraction of sp³-hybridized carbons (Fsp3) is 0.765. The summed E-state index contributed by atoms with van der Waals surface area (Å²) in [6.07, 6.45) is 11.0. The molecule has 1 saturated carbocycles. The number of aliphatic carboxylic acids is 1. The Labute approximate surface area is 127 Å². The Morgan fingerprint density at radius 3 is 2.71 bits per heavy atom. The van der Waals surface area contributed by atoms with E-state index in [1.54, 1.807) is 0 Å². The van der Waals surface area contributed by atoms with Gasteiger partial charge in [-0.25, -0.2) is 0 Å². The smallest absolute Gasteiger partial charge is 0.310 e. The van der Waals surface area contributed by atoms with Crippen LogP contribution in [-0.4, -0.2) is 20.9 Å². The van der Waals surface area contributed by atoms with Crippen molar-refractivity contribution >= 4 is 5.97 Å². The SMILES string of the molecule is CCCCC(CC)(Cc1ccn(C2CCCC2)n1)C(=O)O. The van der Waals surface area contributed by atoms with Gasteiger partial charge < -0.3 is 5.11 Å². The second-order valence-electron chi connectivity index (χ2n) is 6.44. The average molecular weight is 292 g/mol. The van der Waals surface area contributed by atoms with Gasteiger partial charge >= 0.3 is 5.97 Å². The topological polar surface area (TPSA) is 55.1 Å². The van der Waals surface area contributed by atoms with Crippen molar-refractivity contribution in [1.29, 1.82) is 0 Å². The predicted octanol–water partition coefficient (Wildman–Crippen LogP) is 4.21. The van der Waals surface area contributed by atoms with E-state index >= 15 is 0 Å². The summed E-state index contributed by atoms with van der Waals surface area (Å²) in [7, 11) is 0. The monoisotopic (exact) mass is 292 g/mol. The summed E-state index contributed by atoms with van der Waals surface area (Å²) >= 11 is 0. The summed E-state index contributed by atoms with van der Waals surface area (Å²) in [5.41, 5.74) is 0.285. The Hall–Kier alpha value is -1.32. The molecule has 1 unspecified atom stereocenters. The molecule has 0 amide bonds. The fourth-order valence-electron chi connectivity index (χ4n) is 3.43. The molecule has 4 heteroatoms. The van der Waals surface area contributed by atoms with Crippen LogP contribution in [0.5, 0.6) is 0 Å². The molecule has 1 aromatic rings. The second kappa shape index (κ2) is 7.10. The van der Waals surface area contributed by atoms with Gasteiger partial charge in [0.05, 0.1) is 17.2 Å². The Morgan fingerprint density at radius 1 is 1.43 bits per heavy atom. The maximum atomic E-state index is 11.8.